The topological polar surface area (TPSA) is 52.6 Å². The number of carbonyl (C=O) groups is 2. The fourth-order valence-corrected chi connectivity index (χ4v) is 4.95. The molecule has 4 rings (SSSR count). The Kier molecular flexibility index (Phi) is 4.33. The van der Waals surface area contributed by atoms with Crippen LogP contribution in [0.15, 0.2) is 0 Å². The Labute approximate surface area is 139 Å². The second-order valence-corrected chi connectivity index (χ2v) is 7.83. The molecule has 4 bridgehead atoms. The summed E-state index contributed by atoms with van der Waals surface area (Å²) in [4.78, 5) is 23.4. The molecule has 4 fully saturated rings. The van der Waals surface area contributed by atoms with Gasteiger partial charge < -0.3 is 9.47 Å². The highest BCUT2D eigenvalue weighted by molar-refractivity contribution is 5.78. The van der Waals surface area contributed by atoms with E-state index < -0.39 is 36.2 Å². The van der Waals surface area contributed by atoms with E-state index in [-0.39, 0.29) is 0 Å². The highest BCUT2D eigenvalue weighted by Crippen LogP contribution is 2.59. The van der Waals surface area contributed by atoms with Crippen molar-refractivity contribution in [3.05, 3.63) is 0 Å². The molecule has 24 heavy (non-hydrogen) atoms. The van der Waals surface area contributed by atoms with E-state index in [2.05, 4.69) is 4.74 Å². The minimum Gasteiger partial charge on any atom is -0.456 e. The second kappa shape index (κ2) is 5.92. The molecular weight excluding hydrogens is 325 g/mol. The van der Waals surface area contributed by atoms with Gasteiger partial charge in [0.15, 0.2) is 6.61 Å². The fraction of sp³-hybridized carbons (Fsp3) is 0.882. The molecule has 0 aromatic rings. The summed E-state index contributed by atoms with van der Waals surface area (Å²) in [5.41, 5.74) is -0.577. The molecule has 136 valence electrons. The molecule has 1 atom stereocenters. The Morgan fingerprint density at radius 1 is 1.08 bits per heavy atom. The van der Waals surface area contributed by atoms with Gasteiger partial charge in [0.25, 0.3) is 0 Å². The smallest absolute Gasteiger partial charge is 0.401 e. The van der Waals surface area contributed by atoms with E-state index in [1.807, 2.05) is 6.92 Å². The predicted octanol–water partition coefficient (Wildman–Crippen LogP) is 3.49. The molecule has 1 unspecified atom stereocenters. The molecule has 0 saturated heterocycles. The number of carbonyl (C=O) groups excluding carboxylic acids is 2. The number of alkyl halides is 3. The fourth-order valence-electron chi connectivity index (χ4n) is 4.95. The molecule has 0 heterocycles. The molecule has 0 spiro atoms. The molecular formula is C17H23F3O4. The average Bonchev–Trinajstić information content (AvgIpc) is 2.48. The zero-order valence-electron chi connectivity index (χ0n) is 13.9. The van der Waals surface area contributed by atoms with Gasteiger partial charge in [0.05, 0.1) is 0 Å². The van der Waals surface area contributed by atoms with Crippen LogP contribution in [0.4, 0.5) is 13.2 Å². The second-order valence-electron chi connectivity index (χ2n) is 7.83. The maximum absolute atomic E-state index is 12.4. The van der Waals surface area contributed by atoms with E-state index in [9.17, 15) is 22.8 Å². The van der Waals surface area contributed by atoms with Gasteiger partial charge in [-0.15, -0.1) is 0 Å². The highest BCUT2D eigenvalue weighted by atomic mass is 19.4. The molecule has 4 saturated carbocycles. The third-order valence-corrected chi connectivity index (χ3v) is 6.27. The quantitative estimate of drug-likeness (QED) is 0.730. The number of halogens is 3. The summed E-state index contributed by atoms with van der Waals surface area (Å²) in [5, 5.41) is 0. The third kappa shape index (κ3) is 3.14. The van der Waals surface area contributed by atoms with Crippen LogP contribution in [-0.4, -0.2) is 30.3 Å². The number of hydrogen-bond donors (Lipinski definition) is 0. The van der Waals surface area contributed by atoms with E-state index in [4.69, 9.17) is 4.74 Å². The van der Waals surface area contributed by atoms with Crippen LogP contribution in [0.3, 0.4) is 0 Å². The van der Waals surface area contributed by atoms with Crippen LogP contribution in [0.25, 0.3) is 0 Å². The van der Waals surface area contributed by atoms with Crippen molar-refractivity contribution in [1.82, 2.24) is 0 Å². The van der Waals surface area contributed by atoms with Crippen LogP contribution >= 0.6 is 0 Å². The van der Waals surface area contributed by atoms with Gasteiger partial charge in [-0.25, -0.2) is 4.79 Å². The summed E-state index contributed by atoms with van der Waals surface area (Å²) in [6.45, 7) is 1.88. The highest BCUT2D eigenvalue weighted by Gasteiger charge is 2.57. The largest absolute Gasteiger partial charge is 0.456 e. The summed E-state index contributed by atoms with van der Waals surface area (Å²) in [6.07, 6.45) is 0.769. The Hall–Kier alpha value is -1.27. The minimum atomic E-state index is -4.67. The molecule has 0 radical (unpaired) electrons. The lowest BCUT2D eigenvalue weighted by atomic mass is 9.50. The van der Waals surface area contributed by atoms with E-state index in [1.165, 1.54) is 6.42 Å². The van der Waals surface area contributed by atoms with Crippen LogP contribution in [0.5, 0.6) is 0 Å². The van der Waals surface area contributed by atoms with Gasteiger partial charge in [0.2, 0.25) is 0 Å². The van der Waals surface area contributed by atoms with Crippen molar-refractivity contribution >= 4 is 11.9 Å². The molecule has 0 aromatic heterocycles. The first-order chi connectivity index (χ1) is 11.1. The SMILES string of the molecule is CC(C(=O)OCC(=O)OC1(C)C2CC3CC(C2)CC1C3)C(F)(F)F. The summed E-state index contributed by atoms with van der Waals surface area (Å²) in [7, 11) is 0. The number of esters is 2. The Bertz CT molecular complexity index is 500. The zero-order chi connectivity index (χ0) is 17.7. The lowest BCUT2D eigenvalue weighted by molar-refractivity contribution is -0.212. The standard InChI is InChI=1S/C17H23F3O4/c1-9(17(18,19)20)15(22)23-8-14(21)24-16(2)12-4-10-3-11(6-12)7-13(16)5-10/h9-13H,3-8H2,1-2H3. The van der Waals surface area contributed by atoms with Crippen LogP contribution in [0, 0.1) is 29.6 Å². The molecule has 0 N–H and O–H groups in total. The van der Waals surface area contributed by atoms with Crippen molar-refractivity contribution in [3.63, 3.8) is 0 Å². The van der Waals surface area contributed by atoms with Crippen LogP contribution in [0.2, 0.25) is 0 Å². The van der Waals surface area contributed by atoms with Gasteiger partial charge >= 0.3 is 18.1 Å². The van der Waals surface area contributed by atoms with Gasteiger partial charge in [0.1, 0.15) is 11.5 Å². The Morgan fingerprint density at radius 3 is 2.04 bits per heavy atom. The number of hydrogen-bond acceptors (Lipinski definition) is 4. The number of ether oxygens (including phenoxy) is 2. The van der Waals surface area contributed by atoms with E-state index in [0.29, 0.717) is 30.6 Å². The van der Waals surface area contributed by atoms with Gasteiger partial charge in [-0.05, 0) is 69.6 Å². The summed E-state index contributed by atoms with van der Waals surface area (Å²) in [5.74, 6) is -2.41. The lowest BCUT2D eigenvalue weighted by Crippen LogP contribution is -2.58. The minimum absolute atomic E-state index is 0.308. The van der Waals surface area contributed by atoms with Crippen LogP contribution in [-0.2, 0) is 19.1 Å². The van der Waals surface area contributed by atoms with Gasteiger partial charge in [0, 0.05) is 0 Å². The molecule has 0 aliphatic heterocycles. The summed E-state index contributed by atoms with van der Waals surface area (Å²) in [6, 6.07) is 0. The van der Waals surface area contributed by atoms with E-state index >= 15 is 0 Å². The summed E-state index contributed by atoms with van der Waals surface area (Å²) >= 11 is 0. The molecule has 4 nitrogen and oxygen atoms in total. The molecule has 4 aliphatic rings. The first kappa shape index (κ1) is 17.5. The Morgan fingerprint density at radius 2 is 1.58 bits per heavy atom. The van der Waals surface area contributed by atoms with Crippen molar-refractivity contribution in [2.75, 3.05) is 6.61 Å². The third-order valence-electron chi connectivity index (χ3n) is 6.27. The van der Waals surface area contributed by atoms with Crippen LogP contribution in [0.1, 0.15) is 46.0 Å². The maximum atomic E-state index is 12.4. The van der Waals surface area contributed by atoms with Crippen molar-refractivity contribution < 1.29 is 32.2 Å². The van der Waals surface area contributed by atoms with Crippen LogP contribution < -0.4 is 0 Å². The normalized spacial score (nSPS) is 38.7. The van der Waals surface area contributed by atoms with Gasteiger partial charge in [-0.3, -0.25) is 4.79 Å². The van der Waals surface area contributed by atoms with E-state index in [1.54, 1.807) is 0 Å². The first-order valence-electron chi connectivity index (χ1n) is 8.54. The average molecular weight is 348 g/mol. The number of rotatable bonds is 4. The lowest BCUT2D eigenvalue weighted by Gasteiger charge is -2.59. The van der Waals surface area contributed by atoms with Crippen molar-refractivity contribution in [2.45, 2.75) is 57.7 Å². The maximum Gasteiger partial charge on any atom is 0.401 e. The zero-order valence-corrected chi connectivity index (χ0v) is 13.9. The Balaban J connectivity index is 1.54. The monoisotopic (exact) mass is 348 g/mol. The van der Waals surface area contributed by atoms with Gasteiger partial charge in [-0.2, -0.15) is 13.2 Å². The van der Waals surface area contributed by atoms with Gasteiger partial charge in [-0.1, -0.05) is 0 Å². The molecule has 7 heteroatoms. The van der Waals surface area contributed by atoms with Crippen molar-refractivity contribution in [2.24, 2.45) is 29.6 Å². The molecule has 4 aliphatic carbocycles. The predicted molar refractivity (Wildman–Crippen MR) is 77.7 cm³/mol. The van der Waals surface area contributed by atoms with E-state index in [0.717, 1.165) is 25.7 Å². The molecule has 0 aromatic carbocycles. The summed E-state index contributed by atoms with van der Waals surface area (Å²) < 4.78 is 47.4. The van der Waals surface area contributed by atoms with Crippen molar-refractivity contribution in [3.8, 4) is 0 Å². The molecule has 0 amide bonds. The van der Waals surface area contributed by atoms with Crippen molar-refractivity contribution in [1.29, 1.82) is 0 Å². The first-order valence-corrected chi connectivity index (χ1v) is 8.54.